The second kappa shape index (κ2) is 4.13. The molecule has 0 nitrogen and oxygen atoms in total. The molecule has 0 unspecified atom stereocenters. The van der Waals surface area contributed by atoms with Gasteiger partial charge in [-0.1, -0.05) is 0 Å². The summed E-state index contributed by atoms with van der Waals surface area (Å²) in [4.78, 5) is 1.04. The first kappa shape index (κ1) is 9.85. The van der Waals surface area contributed by atoms with Gasteiger partial charge in [0.25, 0.3) is 0 Å². The lowest BCUT2D eigenvalue weighted by Gasteiger charge is -1.99. The van der Waals surface area contributed by atoms with Gasteiger partial charge in [0, 0.05) is 15.6 Å². The minimum Gasteiger partial charge on any atom is -0.143 e. The lowest BCUT2D eigenvalue weighted by atomic mass is 10.4. The number of hydrogen-bond acceptors (Lipinski definition) is 1. The largest absolute Gasteiger partial charge is 0.143 e. The molecule has 1 aromatic rings. The van der Waals surface area contributed by atoms with Crippen LogP contribution < -0.4 is 0 Å². The number of rotatable bonds is 0. The Morgan fingerprint density at radius 3 is 1.80 bits per heavy atom. The summed E-state index contributed by atoms with van der Waals surface area (Å²) in [6.07, 6.45) is 0. The van der Waals surface area contributed by atoms with Crippen molar-refractivity contribution in [2.75, 3.05) is 0 Å². The second-order valence-electron chi connectivity index (χ2n) is 1.72. The highest BCUT2D eigenvalue weighted by Crippen LogP contribution is 2.24. The van der Waals surface area contributed by atoms with E-state index in [-0.39, 0.29) is 0 Å². The van der Waals surface area contributed by atoms with Crippen LogP contribution in [0.15, 0.2) is 17.0 Å². The van der Waals surface area contributed by atoms with Gasteiger partial charge in [-0.05, 0) is 79.9 Å². The molecule has 1 rings (SSSR count). The number of hydrogen-bond donors (Lipinski definition) is 1. The standard InChI is InChI=1S/C6H3I3S/c7-4-1-3(10)2-5(8)6(4)9/h1-2,10H. The predicted octanol–water partition coefficient (Wildman–Crippen LogP) is 3.79. The van der Waals surface area contributed by atoms with Gasteiger partial charge in [0.2, 0.25) is 0 Å². The predicted molar refractivity (Wildman–Crippen MR) is 71.8 cm³/mol. The Labute approximate surface area is 106 Å². The third-order valence-corrected chi connectivity index (χ3v) is 6.15. The monoisotopic (exact) mass is 488 g/mol. The molecule has 10 heavy (non-hydrogen) atoms. The summed E-state index contributed by atoms with van der Waals surface area (Å²) in [6.45, 7) is 0. The number of halogens is 3. The van der Waals surface area contributed by atoms with Crippen LogP contribution in [0.4, 0.5) is 0 Å². The molecular formula is C6H3I3S. The van der Waals surface area contributed by atoms with E-state index < -0.39 is 0 Å². The fraction of sp³-hybridized carbons (Fsp3) is 0. The molecule has 0 aliphatic heterocycles. The first-order chi connectivity index (χ1) is 4.61. The molecule has 0 atom stereocenters. The lowest BCUT2D eigenvalue weighted by molar-refractivity contribution is 1.38. The number of benzene rings is 1. The Bertz CT molecular complexity index is 236. The Kier molecular flexibility index (Phi) is 4.06. The zero-order valence-corrected chi connectivity index (χ0v) is 12.1. The fourth-order valence-electron chi connectivity index (χ4n) is 0.542. The van der Waals surface area contributed by atoms with Gasteiger partial charge in [0.15, 0.2) is 0 Å². The van der Waals surface area contributed by atoms with Gasteiger partial charge in [-0.25, -0.2) is 0 Å². The molecule has 0 heterocycles. The van der Waals surface area contributed by atoms with Gasteiger partial charge in [-0.3, -0.25) is 0 Å². The molecule has 4 heteroatoms. The highest BCUT2D eigenvalue weighted by Gasteiger charge is 2.01. The van der Waals surface area contributed by atoms with Crippen LogP contribution in [0.1, 0.15) is 0 Å². The molecule has 0 aromatic heterocycles. The van der Waals surface area contributed by atoms with E-state index >= 15 is 0 Å². The van der Waals surface area contributed by atoms with E-state index in [0.29, 0.717) is 0 Å². The maximum absolute atomic E-state index is 4.26. The molecule has 0 fully saturated rings. The van der Waals surface area contributed by atoms with Crippen LogP contribution in [-0.4, -0.2) is 0 Å². The van der Waals surface area contributed by atoms with E-state index in [9.17, 15) is 0 Å². The molecule has 0 spiro atoms. The zero-order chi connectivity index (χ0) is 7.72. The van der Waals surface area contributed by atoms with Crippen LogP contribution in [0.3, 0.4) is 0 Å². The fourth-order valence-corrected chi connectivity index (χ4v) is 3.37. The van der Waals surface area contributed by atoms with Gasteiger partial charge in [-0.2, -0.15) is 0 Å². The van der Waals surface area contributed by atoms with E-state index in [1.807, 2.05) is 0 Å². The Balaban J connectivity index is 3.31. The van der Waals surface area contributed by atoms with Gasteiger partial charge < -0.3 is 0 Å². The zero-order valence-electron chi connectivity index (χ0n) is 4.74. The third kappa shape index (κ3) is 2.37. The van der Waals surface area contributed by atoms with Gasteiger partial charge >= 0.3 is 0 Å². The van der Waals surface area contributed by atoms with Crippen molar-refractivity contribution in [1.29, 1.82) is 0 Å². The summed E-state index contributed by atoms with van der Waals surface area (Å²) in [5, 5.41) is 0. The van der Waals surface area contributed by atoms with Crippen molar-refractivity contribution < 1.29 is 0 Å². The first-order valence-electron chi connectivity index (χ1n) is 2.45. The summed E-state index contributed by atoms with van der Waals surface area (Å²) in [5.74, 6) is 0. The topological polar surface area (TPSA) is 0 Å². The van der Waals surface area contributed by atoms with E-state index in [1.54, 1.807) is 0 Å². The van der Waals surface area contributed by atoms with Gasteiger partial charge in [0.1, 0.15) is 0 Å². The van der Waals surface area contributed by atoms with Crippen molar-refractivity contribution in [3.8, 4) is 0 Å². The SMILES string of the molecule is Sc1cc(I)c(I)c(I)c1. The maximum Gasteiger partial charge on any atom is 0.0398 e. The quantitative estimate of drug-likeness (QED) is 0.321. The van der Waals surface area contributed by atoms with Crippen LogP contribution in [0.2, 0.25) is 0 Å². The molecule has 0 N–H and O–H groups in total. The minimum atomic E-state index is 1.04. The molecular weight excluding hydrogens is 485 g/mol. The van der Waals surface area contributed by atoms with Gasteiger partial charge in [0.05, 0.1) is 0 Å². The summed E-state index contributed by atoms with van der Waals surface area (Å²) in [7, 11) is 0. The third-order valence-electron chi connectivity index (χ3n) is 0.969. The van der Waals surface area contributed by atoms with Crippen LogP contribution >= 0.6 is 80.4 Å². The van der Waals surface area contributed by atoms with Crippen LogP contribution in [-0.2, 0) is 0 Å². The molecule has 0 amide bonds. The summed E-state index contributed by atoms with van der Waals surface area (Å²) < 4.78 is 3.86. The van der Waals surface area contributed by atoms with E-state index in [0.717, 1.165) is 4.90 Å². The molecule has 1 aromatic carbocycles. The van der Waals surface area contributed by atoms with Crippen LogP contribution in [0, 0.1) is 10.7 Å². The van der Waals surface area contributed by atoms with E-state index in [1.165, 1.54) is 10.7 Å². The molecule has 0 radical (unpaired) electrons. The van der Waals surface area contributed by atoms with Crippen molar-refractivity contribution in [1.82, 2.24) is 0 Å². The van der Waals surface area contributed by atoms with Crippen LogP contribution in [0.5, 0.6) is 0 Å². The first-order valence-corrected chi connectivity index (χ1v) is 6.13. The molecule has 54 valence electrons. The number of thiol groups is 1. The summed E-state index contributed by atoms with van der Waals surface area (Å²) in [5.41, 5.74) is 0. The highest BCUT2D eigenvalue weighted by molar-refractivity contribution is 14.1. The Morgan fingerprint density at radius 1 is 1.00 bits per heavy atom. The average molecular weight is 488 g/mol. The summed E-state index contributed by atoms with van der Waals surface area (Å²) in [6, 6.07) is 4.13. The average Bonchev–Trinajstić information content (AvgIpc) is 1.82. The van der Waals surface area contributed by atoms with Crippen molar-refractivity contribution in [2.24, 2.45) is 0 Å². The van der Waals surface area contributed by atoms with Crippen molar-refractivity contribution in [3.63, 3.8) is 0 Å². The normalized spacial score (nSPS) is 10.0. The Hall–Kier alpha value is 1.76. The smallest absolute Gasteiger partial charge is 0.0398 e. The summed E-state index contributed by atoms with van der Waals surface area (Å²) >= 11 is 11.2. The van der Waals surface area contributed by atoms with E-state index in [2.05, 4.69) is 92.5 Å². The minimum absolute atomic E-state index is 1.04. The van der Waals surface area contributed by atoms with Crippen molar-refractivity contribution >= 4 is 80.4 Å². The second-order valence-corrected chi connectivity index (χ2v) is 5.64. The van der Waals surface area contributed by atoms with Gasteiger partial charge in [-0.15, -0.1) is 12.6 Å². The van der Waals surface area contributed by atoms with Crippen molar-refractivity contribution in [3.05, 3.63) is 22.8 Å². The van der Waals surface area contributed by atoms with Crippen molar-refractivity contribution in [2.45, 2.75) is 4.90 Å². The molecule has 0 bridgehead atoms. The van der Waals surface area contributed by atoms with Crippen LogP contribution in [0.25, 0.3) is 0 Å². The molecule has 0 aliphatic carbocycles. The maximum atomic E-state index is 4.26. The lowest BCUT2D eigenvalue weighted by Crippen LogP contribution is -1.84. The molecule has 0 aliphatic rings. The molecule has 0 saturated heterocycles. The Morgan fingerprint density at radius 2 is 1.40 bits per heavy atom. The van der Waals surface area contributed by atoms with E-state index in [4.69, 9.17) is 0 Å². The molecule has 0 saturated carbocycles. The highest BCUT2D eigenvalue weighted by atomic mass is 127.